The third-order valence-corrected chi connectivity index (χ3v) is 4.78. The third kappa shape index (κ3) is 3.65. The average Bonchev–Trinajstić information content (AvgIpc) is 2.97. The van der Waals surface area contributed by atoms with Gasteiger partial charge in [0.25, 0.3) is 11.8 Å². The highest BCUT2D eigenvalue weighted by molar-refractivity contribution is 6.21. The molecular formula is C23H17FN2O3. The summed E-state index contributed by atoms with van der Waals surface area (Å²) in [6.07, 6.45) is 0.0561. The topological polar surface area (TPSA) is 57.7 Å². The second-order valence-corrected chi connectivity index (χ2v) is 6.69. The van der Waals surface area contributed by atoms with Gasteiger partial charge >= 0.3 is 0 Å². The minimum atomic E-state index is -0.512. The van der Waals surface area contributed by atoms with Crippen molar-refractivity contribution in [1.29, 1.82) is 0 Å². The summed E-state index contributed by atoms with van der Waals surface area (Å²) in [4.78, 5) is 40.8. The molecule has 4 rings (SSSR count). The fourth-order valence-electron chi connectivity index (χ4n) is 3.32. The van der Waals surface area contributed by atoms with E-state index in [9.17, 15) is 18.8 Å². The van der Waals surface area contributed by atoms with Crippen LogP contribution in [0.5, 0.6) is 0 Å². The maximum atomic E-state index is 13.8. The van der Waals surface area contributed by atoms with Crippen molar-refractivity contribution in [1.82, 2.24) is 4.90 Å². The van der Waals surface area contributed by atoms with Crippen LogP contribution in [-0.4, -0.2) is 29.3 Å². The lowest BCUT2D eigenvalue weighted by atomic mass is 10.1. The number of halogens is 1. The van der Waals surface area contributed by atoms with Crippen molar-refractivity contribution in [3.8, 4) is 0 Å². The molecule has 0 fully saturated rings. The van der Waals surface area contributed by atoms with Gasteiger partial charge in [-0.15, -0.1) is 0 Å². The molecule has 3 aromatic rings. The SMILES string of the molecule is O=C1c2ccccc2C(=O)N1CN(C(=O)Cc1ccccc1)c1cccc(F)c1. The van der Waals surface area contributed by atoms with Crippen molar-refractivity contribution in [3.05, 3.63) is 101 Å². The molecule has 0 aliphatic carbocycles. The number of fused-ring (bicyclic) bond motifs is 1. The van der Waals surface area contributed by atoms with Crippen LogP contribution in [0, 0.1) is 5.82 Å². The second-order valence-electron chi connectivity index (χ2n) is 6.69. The Hall–Kier alpha value is -3.80. The van der Waals surface area contributed by atoms with Crippen LogP contribution in [0.1, 0.15) is 26.3 Å². The molecule has 3 amide bonds. The number of anilines is 1. The van der Waals surface area contributed by atoms with E-state index in [2.05, 4.69) is 0 Å². The minimum absolute atomic E-state index is 0.0561. The van der Waals surface area contributed by atoms with Crippen molar-refractivity contribution in [2.75, 3.05) is 11.6 Å². The molecule has 1 heterocycles. The lowest BCUT2D eigenvalue weighted by Crippen LogP contribution is -2.45. The number of hydrogen-bond donors (Lipinski definition) is 0. The summed E-state index contributed by atoms with van der Waals surface area (Å²) in [5.74, 6) is -1.81. The minimum Gasteiger partial charge on any atom is -0.293 e. The summed E-state index contributed by atoms with van der Waals surface area (Å²) in [7, 11) is 0. The molecular weight excluding hydrogens is 371 g/mol. The largest absolute Gasteiger partial charge is 0.293 e. The van der Waals surface area contributed by atoms with Crippen LogP contribution in [0.4, 0.5) is 10.1 Å². The monoisotopic (exact) mass is 388 g/mol. The Bertz CT molecular complexity index is 1060. The van der Waals surface area contributed by atoms with Crippen LogP contribution in [0.15, 0.2) is 78.9 Å². The summed E-state index contributed by atoms with van der Waals surface area (Å²) in [6, 6.07) is 21.1. The Morgan fingerprint density at radius 1 is 0.828 bits per heavy atom. The number of carbonyl (C=O) groups is 3. The highest BCUT2D eigenvalue weighted by atomic mass is 19.1. The first-order valence-electron chi connectivity index (χ1n) is 9.09. The molecule has 0 N–H and O–H groups in total. The van der Waals surface area contributed by atoms with Crippen molar-refractivity contribution in [3.63, 3.8) is 0 Å². The number of imide groups is 1. The predicted molar refractivity (Wildman–Crippen MR) is 106 cm³/mol. The Balaban J connectivity index is 1.65. The van der Waals surface area contributed by atoms with E-state index >= 15 is 0 Å². The standard InChI is InChI=1S/C23H17FN2O3/c24-17-9-6-10-18(14-17)25(21(27)13-16-7-2-1-3-8-16)15-26-22(28)19-11-4-5-12-20(19)23(26)29/h1-12,14H,13,15H2. The van der Waals surface area contributed by atoms with Gasteiger partial charge in [0.15, 0.2) is 0 Å². The molecule has 29 heavy (non-hydrogen) atoms. The van der Waals surface area contributed by atoms with E-state index in [0.717, 1.165) is 10.5 Å². The Kier molecular flexibility index (Phi) is 4.91. The van der Waals surface area contributed by atoms with Crippen LogP contribution in [0.2, 0.25) is 0 Å². The quantitative estimate of drug-likeness (QED) is 0.627. The average molecular weight is 388 g/mol. The second kappa shape index (κ2) is 7.67. The van der Waals surface area contributed by atoms with Crippen molar-refractivity contribution < 1.29 is 18.8 Å². The number of hydrogen-bond acceptors (Lipinski definition) is 3. The van der Waals surface area contributed by atoms with Gasteiger partial charge in [-0.1, -0.05) is 48.5 Å². The molecule has 0 bridgehead atoms. The molecule has 1 aliphatic rings. The highest BCUT2D eigenvalue weighted by Crippen LogP contribution is 2.25. The first kappa shape index (κ1) is 18.6. The predicted octanol–water partition coefficient (Wildman–Crippen LogP) is 3.66. The highest BCUT2D eigenvalue weighted by Gasteiger charge is 2.37. The van der Waals surface area contributed by atoms with Crippen LogP contribution >= 0.6 is 0 Å². The molecule has 5 nitrogen and oxygen atoms in total. The van der Waals surface area contributed by atoms with Crippen LogP contribution in [0.25, 0.3) is 0 Å². The maximum Gasteiger partial charge on any atom is 0.263 e. The molecule has 0 unspecified atom stereocenters. The van der Waals surface area contributed by atoms with E-state index < -0.39 is 17.6 Å². The van der Waals surface area contributed by atoms with Crippen molar-refractivity contribution in [2.45, 2.75) is 6.42 Å². The molecule has 0 saturated heterocycles. The lowest BCUT2D eigenvalue weighted by molar-refractivity contribution is -0.118. The third-order valence-electron chi connectivity index (χ3n) is 4.78. The fourth-order valence-corrected chi connectivity index (χ4v) is 3.32. The Morgan fingerprint density at radius 3 is 2.07 bits per heavy atom. The molecule has 0 radical (unpaired) electrons. The normalized spacial score (nSPS) is 12.8. The van der Waals surface area contributed by atoms with E-state index in [4.69, 9.17) is 0 Å². The number of rotatable bonds is 5. The van der Waals surface area contributed by atoms with E-state index in [1.807, 2.05) is 30.3 Å². The summed E-state index contributed by atoms with van der Waals surface area (Å²) in [5, 5.41) is 0. The Labute approximate surface area is 167 Å². The van der Waals surface area contributed by atoms with Crippen LogP contribution in [0.3, 0.4) is 0 Å². The first-order valence-corrected chi connectivity index (χ1v) is 9.09. The van der Waals surface area contributed by atoms with Gasteiger partial charge in [0.2, 0.25) is 5.91 Å². The van der Waals surface area contributed by atoms with Gasteiger partial charge in [0.05, 0.1) is 17.5 Å². The van der Waals surface area contributed by atoms with E-state index in [-0.39, 0.29) is 24.7 Å². The Morgan fingerprint density at radius 2 is 1.45 bits per heavy atom. The molecule has 144 valence electrons. The number of benzene rings is 3. The van der Waals surface area contributed by atoms with Gasteiger partial charge in [0, 0.05) is 5.69 Å². The van der Waals surface area contributed by atoms with Crippen molar-refractivity contribution >= 4 is 23.4 Å². The molecule has 0 atom stereocenters. The molecule has 0 aromatic heterocycles. The van der Waals surface area contributed by atoms with Gasteiger partial charge in [-0.25, -0.2) is 4.39 Å². The van der Waals surface area contributed by atoms with Gasteiger partial charge in [-0.2, -0.15) is 0 Å². The van der Waals surface area contributed by atoms with Gasteiger partial charge < -0.3 is 0 Å². The van der Waals surface area contributed by atoms with E-state index in [1.54, 1.807) is 30.3 Å². The van der Waals surface area contributed by atoms with E-state index in [0.29, 0.717) is 11.1 Å². The number of amides is 3. The van der Waals surface area contributed by atoms with Crippen LogP contribution in [-0.2, 0) is 11.2 Å². The molecule has 1 aliphatic heterocycles. The molecule has 3 aromatic carbocycles. The number of nitrogens with zero attached hydrogens (tertiary/aromatic N) is 2. The zero-order chi connectivity index (χ0) is 20.4. The first-order chi connectivity index (χ1) is 14.0. The smallest absolute Gasteiger partial charge is 0.263 e. The van der Waals surface area contributed by atoms with Gasteiger partial charge in [-0.05, 0) is 35.9 Å². The molecule has 6 heteroatoms. The van der Waals surface area contributed by atoms with Crippen molar-refractivity contribution in [2.24, 2.45) is 0 Å². The number of carbonyl (C=O) groups excluding carboxylic acids is 3. The summed E-state index contributed by atoms with van der Waals surface area (Å²) in [6.45, 7) is -0.290. The van der Waals surface area contributed by atoms with Gasteiger partial charge in [0.1, 0.15) is 12.5 Å². The summed E-state index contributed by atoms with van der Waals surface area (Å²) < 4.78 is 13.8. The summed E-state index contributed by atoms with van der Waals surface area (Å²) >= 11 is 0. The zero-order valence-electron chi connectivity index (χ0n) is 15.4. The molecule has 0 spiro atoms. The maximum absolute atomic E-state index is 13.8. The van der Waals surface area contributed by atoms with E-state index in [1.165, 1.54) is 23.1 Å². The lowest BCUT2D eigenvalue weighted by Gasteiger charge is -2.27. The zero-order valence-corrected chi connectivity index (χ0v) is 15.4. The molecule has 0 saturated carbocycles. The fraction of sp³-hybridized carbons (Fsp3) is 0.0870. The van der Waals surface area contributed by atoms with Crippen LogP contribution < -0.4 is 4.90 Å². The van der Waals surface area contributed by atoms with Gasteiger partial charge in [-0.3, -0.25) is 24.2 Å². The summed E-state index contributed by atoms with van der Waals surface area (Å²) in [5.41, 5.74) is 1.66.